The molecule has 0 amide bonds. The Balaban J connectivity index is 2.06. The molecular formula is C16H19NO. The standard InChI is InChI=1S/C16H19NO/c1-2-16(9-5-6-10-16)15(18)13-11-17-14-8-4-3-7-12(13)14/h3-4,7-8,11,17H,2,5-6,9-10H2,1H3. The number of nitrogens with one attached hydrogen (secondary N) is 1. The first kappa shape index (κ1) is 11.5. The van der Waals surface area contributed by atoms with Gasteiger partial charge in [0.25, 0.3) is 0 Å². The van der Waals surface area contributed by atoms with Gasteiger partial charge in [-0.3, -0.25) is 4.79 Å². The fraction of sp³-hybridized carbons (Fsp3) is 0.438. The number of H-pyrrole nitrogens is 1. The first-order valence-corrected chi connectivity index (χ1v) is 6.88. The molecule has 0 spiro atoms. The molecule has 1 aliphatic rings. The second-order valence-electron chi connectivity index (χ2n) is 5.42. The van der Waals surface area contributed by atoms with E-state index in [1.54, 1.807) is 0 Å². The van der Waals surface area contributed by atoms with Crippen LogP contribution in [-0.2, 0) is 0 Å². The van der Waals surface area contributed by atoms with Crippen molar-refractivity contribution in [2.75, 3.05) is 0 Å². The summed E-state index contributed by atoms with van der Waals surface area (Å²) < 4.78 is 0. The molecule has 1 aromatic heterocycles. The molecule has 3 rings (SSSR count). The Hall–Kier alpha value is -1.57. The molecule has 1 saturated carbocycles. The van der Waals surface area contributed by atoms with Gasteiger partial charge in [-0.2, -0.15) is 0 Å². The minimum absolute atomic E-state index is 0.0923. The van der Waals surface area contributed by atoms with Crippen LogP contribution in [0.2, 0.25) is 0 Å². The molecule has 18 heavy (non-hydrogen) atoms. The van der Waals surface area contributed by atoms with Crippen LogP contribution in [0.1, 0.15) is 49.4 Å². The Kier molecular flexibility index (Phi) is 2.73. The van der Waals surface area contributed by atoms with Crippen molar-refractivity contribution in [2.24, 2.45) is 5.41 Å². The van der Waals surface area contributed by atoms with Crippen LogP contribution in [0, 0.1) is 5.41 Å². The zero-order chi connectivity index (χ0) is 12.6. The van der Waals surface area contributed by atoms with Gasteiger partial charge in [0, 0.05) is 28.1 Å². The Morgan fingerprint density at radius 3 is 2.72 bits per heavy atom. The monoisotopic (exact) mass is 241 g/mol. The maximum Gasteiger partial charge on any atom is 0.171 e. The Morgan fingerprint density at radius 1 is 1.28 bits per heavy atom. The maximum atomic E-state index is 12.9. The quantitative estimate of drug-likeness (QED) is 0.797. The first-order valence-electron chi connectivity index (χ1n) is 6.88. The minimum atomic E-state index is -0.0923. The molecule has 2 heteroatoms. The topological polar surface area (TPSA) is 32.9 Å². The molecule has 1 aliphatic carbocycles. The van der Waals surface area contributed by atoms with E-state index in [1.165, 1.54) is 12.8 Å². The highest BCUT2D eigenvalue weighted by atomic mass is 16.1. The fourth-order valence-corrected chi connectivity index (χ4v) is 3.34. The molecule has 2 aromatic rings. The molecular weight excluding hydrogens is 222 g/mol. The van der Waals surface area contributed by atoms with Gasteiger partial charge in [-0.05, 0) is 25.3 Å². The average molecular weight is 241 g/mol. The summed E-state index contributed by atoms with van der Waals surface area (Å²) in [6.07, 6.45) is 7.36. The van der Waals surface area contributed by atoms with E-state index in [-0.39, 0.29) is 5.41 Å². The van der Waals surface area contributed by atoms with Crippen molar-refractivity contribution in [2.45, 2.75) is 39.0 Å². The van der Waals surface area contributed by atoms with E-state index in [4.69, 9.17) is 0 Å². The highest BCUT2D eigenvalue weighted by molar-refractivity contribution is 6.10. The van der Waals surface area contributed by atoms with Gasteiger partial charge in [-0.25, -0.2) is 0 Å². The van der Waals surface area contributed by atoms with Crippen molar-refractivity contribution >= 4 is 16.7 Å². The normalized spacial score (nSPS) is 18.3. The SMILES string of the molecule is CCC1(C(=O)c2c[nH]c3ccccc23)CCCC1. The number of hydrogen-bond donors (Lipinski definition) is 1. The Morgan fingerprint density at radius 2 is 2.00 bits per heavy atom. The number of hydrogen-bond acceptors (Lipinski definition) is 1. The third-order valence-electron chi connectivity index (χ3n) is 4.55. The highest BCUT2D eigenvalue weighted by Crippen LogP contribution is 2.44. The van der Waals surface area contributed by atoms with Crippen LogP contribution < -0.4 is 0 Å². The molecule has 1 fully saturated rings. The zero-order valence-electron chi connectivity index (χ0n) is 10.8. The Bertz CT molecular complexity index is 576. The lowest BCUT2D eigenvalue weighted by atomic mass is 9.76. The summed E-state index contributed by atoms with van der Waals surface area (Å²) in [4.78, 5) is 16.1. The smallest absolute Gasteiger partial charge is 0.171 e. The van der Waals surface area contributed by atoms with Gasteiger partial charge >= 0.3 is 0 Å². The number of benzene rings is 1. The second kappa shape index (κ2) is 4.27. The van der Waals surface area contributed by atoms with Gasteiger partial charge in [0.05, 0.1) is 0 Å². The van der Waals surface area contributed by atoms with Crippen LogP contribution in [0.15, 0.2) is 30.5 Å². The lowest BCUT2D eigenvalue weighted by Crippen LogP contribution is -2.27. The molecule has 2 nitrogen and oxygen atoms in total. The van der Waals surface area contributed by atoms with E-state index in [9.17, 15) is 4.79 Å². The number of ketones is 1. The zero-order valence-corrected chi connectivity index (χ0v) is 10.8. The number of Topliss-reactive ketones (excluding diaryl/α,β-unsaturated/α-hetero) is 1. The van der Waals surface area contributed by atoms with E-state index in [0.717, 1.165) is 35.7 Å². The van der Waals surface area contributed by atoms with Gasteiger partial charge in [0.15, 0.2) is 5.78 Å². The van der Waals surface area contributed by atoms with E-state index < -0.39 is 0 Å². The third kappa shape index (κ3) is 1.59. The van der Waals surface area contributed by atoms with Crippen LogP contribution in [-0.4, -0.2) is 10.8 Å². The van der Waals surface area contributed by atoms with E-state index in [1.807, 2.05) is 30.5 Å². The third-order valence-corrected chi connectivity index (χ3v) is 4.55. The van der Waals surface area contributed by atoms with Gasteiger partial charge in [-0.1, -0.05) is 38.0 Å². The van der Waals surface area contributed by atoms with E-state index in [0.29, 0.717) is 5.78 Å². The van der Waals surface area contributed by atoms with Crippen molar-refractivity contribution in [3.05, 3.63) is 36.0 Å². The van der Waals surface area contributed by atoms with Crippen molar-refractivity contribution in [1.29, 1.82) is 0 Å². The lowest BCUT2D eigenvalue weighted by molar-refractivity contribution is 0.0793. The predicted octanol–water partition coefficient (Wildman–Crippen LogP) is 4.32. The lowest BCUT2D eigenvalue weighted by Gasteiger charge is -2.25. The Labute approximate surface area is 107 Å². The van der Waals surface area contributed by atoms with Crippen LogP contribution in [0.3, 0.4) is 0 Å². The maximum absolute atomic E-state index is 12.9. The van der Waals surface area contributed by atoms with E-state index in [2.05, 4.69) is 11.9 Å². The number of carbonyl (C=O) groups is 1. The molecule has 0 saturated heterocycles. The summed E-state index contributed by atoms with van der Waals surface area (Å²) in [5, 5.41) is 1.07. The van der Waals surface area contributed by atoms with Crippen LogP contribution in [0.4, 0.5) is 0 Å². The van der Waals surface area contributed by atoms with Crippen molar-refractivity contribution in [3.8, 4) is 0 Å². The molecule has 0 atom stereocenters. The average Bonchev–Trinajstić information content (AvgIpc) is 3.05. The van der Waals surface area contributed by atoms with Gasteiger partial charge < -0.3 is 4.98 Å². The molecule has 0 radical (unpaired) electrons. The van der Waals surface area contributed by atoms with Crippen LogP contribution >= 0.6 is 0 Å². The number of aromatic amines is 1. The molecule has 94 valence electrons. The number of aromatic nitrogens is 1. The number of carbonyl (C=O) groups excluding carboxylic acids is 1. The second-order valence-corrected chi connectivity index (χ2v) is 5.42. The van der Waals surface area contributed by atoms with E-state index >= 15 is 0 Å². The van der Waals surface area contributed by atoms with Gasteiger partial charge in [-0.15, -0.1) is 0 Å². The fourth-order valence-electron chi connectivity index (χ4n) is 3.34. The predicted molar refractivity (Wildman–Crippen MR) is 73.8 cm³/mol. The summed E-state index contributed by atoms with van der Waals surface area (Å²) in [5.41, 5.74) is 1.85. The molecule has 0 bridgehead atoms. The molecule has 1 heterocycles. The molecule has 0 unspecified atom stereocenters. The molecule has 1 aromatic carbocycles. The number of fused-ring (bicyclic) bond motifs is 1. The van der Waals surface area contributed by atoms with Crippen molar-refractivity contribution in [1.82, 2.24) is 4.98 Å². The first-order chi connectivity index (χ1) is 8.77. The van der Waals surface area contributed by atoms with Gasteiger partial charge in [0.1, 0.15) is 0 Å². The highest BCUT2D eigenvalue weighted by Gasteiger charge is 2.40. The van der Waals surface area contributed by atoms with Crippen LogP contribution in [0.25, 0.3) is 10.9 Å². The van der Waals surface area contributed by atoms with Gasteiger partial charge in [0.2, 0.25) is 0 Å². The van der Waals surface area contributed by atoms with Crippen molar-refractivity contribution < 1.29 is 4.79 Å². The molecule has 1 N–H and O–H groups in total. The summed E-state index contributed by atoms with van der Waals surface area (Å²) in [7, 11) is 0. The summed E-state index contributed by atoms with van der Waals surface area (Å²) >= 11 is 0. The summed E-state index contributed by atoms with van der Waals surface area (Å²) in [6, 6.07) is 8.06. The van der Waals surface area contributed by atoms with Crippen molar-refractivity contribution in [3.63, 3.8) is 0 Å². The summed E-state index contributed by atoms with van der Waals surface area (Å²) in [5.74, 6) is 0.347. The van der Waals surface area contributed by atoms with Crippen LogP contribution in [0.5, 0.6) is 0 Å². The molecule has 0 aliphatic heterocycles. The number of para-hydroxylation sites is 1. The largest absolute Gasteiger partial charge is 0.360 e. The summed E-state index contributed by atoms with van der Waals surface area (Å²) in [6.45, 7) is 2.15. The minimum Gasteiger partial charge on any atom is -0.360 e. The number of rotatable bonds is 3.